The van der Waals surface area contributed by atoms with E-state index < -0.39 is 16.9 Å². The molecule has 0 fully saturated rings. The van der Waals surface area contributed by atoms with Gasteiger partial charge in [0.15, 0.2) is 0 Å². The van der Waals surface area contributed by atoms with Crippen molar-refractivity contribution < 1.29 is 14.5 Å². The molecule has 6 heteroatoms. The molecule has 0 radical (unpaired) electrons. The number of nitrogens with zero attached hydrogens (tertiary/aromatic N) is 1. The van der Waals surface area contributed by atoms with Crippen LogP contribution >= 0.6 is 15.9 Å². The fourth-order valence-corrected chi connectivity index (χ4v) is 1.73. The number of hydrogen-bond donors (Lipinski definition) is 0. The number of nitro groups is 1. The second-order valence-corrected chi connectivity index (χ2v) is 4.64. The fourth-order valence-electron chi connectivity index (χ4n) is 1.32. The van der Waals surface area contributed by atoms with Gasteiger partial charge in [-0.25, -0.2) is 4.79 Å². The van der Waals surface area contributed by atoms with Crippen LogP contribution in [0.1, 0.15) is 25.5 Å². The van der Waals surface area contributed by atoms with Crippen LogP contribution in [0.15, 0.2) is 28.7 Å². The summed E-state index contributed by atoms with van der Waals surface area (Å²) in [4.78, 5) is 21.9. The van der Waals surface area contributed by atoms with Crippen molar-refractivity contribution in [2.75, 3.05) is 0 Å². The van der Waals surface area contributed by atoms with Crippen molar-refractivity contribution in [2.45, 2.75) is 26.0 Å². The van der Waals surface area contributed by atoms with Crippen LogP contribution < -0.4 is 0 Å². The van der Waals surface area contributed by atoms with Gasteiger partial charge < -0.3 is 4.74 Å². The smallest absolute Gasteiger partial charge is 0.386 e. The van der Waals surface area contributed by atoms with Gasteiger partial charge in [-0.15, -0.1) is 0 Å². The Bertz CT molecular complexity index is 433. The Balaban J connectivity index is 3.01. The highest BCUT2D eigenvalue weighted by Gasteiger charge is 2.34. The van der Waals surface area contributed by atoms with Gasteiger partial charge in [-0.3, -0.25) is 10.1 Å². The molecule has 0 heterocycles. The average Bonchev–Trinajstić information content (AvgIpc) is 2.15. The summed E-state index contributed by atoms with van der Waals surface area (Å²) in [6.45, 7) is 3.30. The zero-order chi connectivity index (χ0) is 13.0. The first-order valence-electron chi connectivity index (χ1n) is 5.01. The van der Waals surface area contributed by atoms with Crippen LogP contribution in [0.3, 0.4) is 0 Å². The molecule has 0 aliphatic carbocycles. The van der Waals surface area contributed by atoms with Crippen LogP contribution in [0, 0.1) is 10.1 Å². The lowest BCUT2D eigenvalue weighted by molar-refractivity contribution is -0.516. The summed E-state index contributed by atoms with van der Waals surface area (Å²) in [6, 6.07) is 4.96. The van der Waals surface area contributed by atoms with E-state index in [-0.39, 0.29) is 6.10 Å². The van der Waals surface area contributed by atoms with Gasteiger partial charge in [-0.05, 0) is 26.0 Å². The van der Waals surface area contributed by atoms with Gasteiger partial charge in [0.2, 0.25) is 0 Å². The molecule has 0 aliphatic heterocycles. The standard InChI is InChI=1S/C11H12BrNO4/c1-7(2)17-11(14)10(13(15)16)8-4-3-5-9(12)6-8/h3-7,10H,1-2H3. The third-order valence-electron chi connectivity index (χ3n) is 1.95. The summed E-state index contributed by atoms with van der Waals surface area (Å²) in [6.07, 6.45) is -0.378. The molecular formula is C11H12BrNO4. The van der Waals surface area contributed by atoms with Gasteiger partial charge in [0.1, 0.15) is 0 Å². The van der Waals surface area contributed by atoms with Crippen molar-refractivity contribution in [3.05, 3.63) is 44.4 Å². The van der Waals surface area contributed by atoms with E-state index in [1.165, 1.54) is 12.1 Å². The summed E-state index contributed by atoms with van der Waals surface area (Å²) in [5.41, 5.74) is 0.301. The molecule has 92 valence electrons. The normalized spacial score (nSPS) is 12.2. The van der Waals surface area contributed by atoms with Crippen LogP contribution in [-0.2, 0) is 9.53 Å². The molecule has 5 nitrogen and oxygen atoms in total. The van der Waals surface area contributed by atoms with Gasteiger partial charge in [0.25, 0.3) is 0 Å². The van der Waals surface area contributed by atoms with Crippen molar-refractivity contribution in [2.24, 2.45) is 0 Å². The van der Waals surface area contributed by atoms with Crippen LogP contribution in [0.25, 0.3) is 0 Å². The van der Waals surface area contributed by atoms with Crippen molar-refractivity contribution >= 4 is 21.9 Å². The fraction of sp³-hybridized carbons (Fsp3) is 0.364. The summed E-state index contributed by atoms with van der Waals surface area (Å²) in [5.74, 6) is -0.844. The number of ether oxygens (including phenoxy) is 1. The van der Waals surface area contributed by atoms with E-state index in [1.807, 2.05) is 0 Å². The lowest BCUT2D eigenvalue weighted by Crippen LogP contribution is -2.25. The molecule has 1 unspecified atom stereocenters. The topological polar surface area (TPSA) is 69.4 Å². The average molecular weight is 302 g/mol. The van der Waals surface area contributed by atoms with E-state index >= 15 is 0 Å². The Morgan fingerprint density at radius 2 is 2.12 bits per heavy atom. The molecule has 0 saturated heterocycles. The number of rotatable bonds is 4. The predicted molar refractivity (Wildman–Crippen MR) is 65.1 cm³/mol. The Kier molecular flexibility index (Phi) is 4.62. The van der Waals surface area contributed by atoms with E-state index in [9.17, 15) is 14.9 Å². The van der Waals surface area contributed by atoms with Gasteiger partial charge in [-0.1, -0.05) is 28.1 Å². The first-order valence-corrected chi connectivity index (χ1v) is 5.80. The lowest BCUT2D eigenvalue weighted by atomic mass is 10.1. The monoisotopic (exact) mass is 301 g/mol. The van der Waals surface area contributed by atoms with Crippen molar-refractivity contribution in [3.63, 3.8) is 0 Å². The largest absolute Gasteiger partial charge is 0.458 e. The molecule has 0 bridgehead atoms. The number of carbonyl (C=O) groups excluding carboxylic acids is 1. The molecule has 17 heavy (non-hydrogen) atoms. The number of benzene rings is 1. The number of carbonyl (C=O) groups is 1. The maximum atomic E-state index is 11.6. The second-order valence-electron chi connectivity index (χ2n) is 3.73. The molecule has 0 amide bonds. The molecule has 0 N–H and O–H groups in total. The Morgan fingerprint density at radius 1 is 1.47 bits per heavy atom. The van der Waals surface area contributed by atoms with Crippen LogP contribution in [-0.4, -0.2) is 17.0 Å². The Hall–Kier alpha value is -1.43. The Morgan fingerprint density at radius 3 is 2.59 bits per heavy atom. The zero-order valence-electron chi connectivity index (χ0n) is 9.42. The van der Waals surface area contributed by atoms with Crippen molar-refractivity contribution in [3.8, 4) is 0 Å². The maximum Gasteiger partial charge on any atom is 0.386 e. The summed E-state index contributed by atoms with van der Waals surface area (Å²) >= 11 is 3.20. The third kappa shape index (κ3) is 3.81. The third-order valence-corrected chi connectivity index (χ3v) is 2.44. The number of halogens is 1. The molecule has 0 spiro atoms. The SMILES string of the molecule is CC(C)OC(=O)C(c1cccc(Br)c1)[N+](=O)[O-]. The summed E-state index contributed by atoms with van der Waals surface area (Å²) in [5, 5.41) is 10.9. The minimum Gasteiger partial charge on any atom is -0.458 e. The maximum absolute atomic E-state index is 11.6. The molecule has 0 aliphatic rings. The summed E-state index contributed by atoms with van der Waals surface area (Å²) in [7, 11) is 0. The lowest BCUT2D eigenvalue weighted by Gasteiger charge is -2.12. The van der Waals surface area contributed by atoms with E-state index in [0.717, 1.165) is 0 Å². The van der Waals surface area contributed by atoms with E-state index in [4.69, 9.17) is 4.74 Å². The number of hydrogen-bond acceptors (Lipinski definition) is 4. The highest BCUT2D eigenvalue weighted by Crippen LogP contribution is 2.22. The number of esters is 1. The highest BCUT2D eigenvalue weighted by molar-refractivity contribution is 9.10. The highest BCUT2D eigenvalue weighted by atomic mass is 79.9. The van der Waals surface area contributed by atoms with Crippen molar-refractivity contribution in [1.29, 1.82) is 0 Å². The first kappa shape index (κ1) is 13.6. The van der Waals surface area contributed by atoms with Crippen LogP contribution in [0.2, 0.25) is 0 Å². The summed E-state index contributed by atoms with van der Waals surface area (Å²) < 4.78 is 5.55. The van der Waals surface area contributed by atoms with E-state index in [2.05, 4.69) is 15.9 Å². The van der Waals surface area contributed by atoms with Gasteiger partial charge >= 0.3 is 12.0 Å². The first-order chi connectivity index (χ1) is 7.91. The minimum absolute atomic E-state index is 0.301. The zero-order valence-corrected chi connectivity index (χ0v) is 11.0. The van der Waals surface area contributed by atoms with E-state index in [1.54, 1.807) is 26.0 Å². The second kappa shape index (κ2) is 5.77. The molecule has 1 atom stereocenters. The minimum atomic E-state index is -1.48. The molecule has 0 saturated carbocycles. The van der Waals surface area contributed by atoms with E-state index in [0.29, 0.717) is 10.0 Å². The molecule has 1 aromatic carbocycles. The van der Waals surface area contributed by atoms with Crippen LogP contribution in [0.5, 0.6) is 0 Å². The molecule has 1 aromatic rings. The van der Waals surface area contributed by atoms with Crippen molar-refractivity contribution in [1.82, 2.24) is 0 Å². The van der Waals surface area contributed by atoms with Gasteiger partial charge in [-0.2, -0.15) is 0 Å². The van der Waals surface area contributed by atoms with Crippen LogP contribution in [0.4, 0.5) is 0 Å². The molecular weight excluding hydrogens is 290 g/mol. The van der Waals surface area contributed by atoms with Gasteiger partial charge in [0, 0.05) is 15.0 Å². The molecule has 1 rings (SSSR count). The predicted octanol–water partition coefficient (Wildman–Crippen LogP) is 2.72. The Labute approximate surface area is 107 Å². The molecule has 0 aromatic heterocycles. The van der Waals surface area contributed by atoms with Gasteiger partial charge in [0.05, 0.1) is 6.10 Å². The quantitative estimate of drug-likeness (QED) is 0.487.